The lowest BCUT2D eigenvalue weighted by Gasteiger charge is -2.06. The van der Waals surface area contributed by atoms with E-state index in [4.69, 9.17) is 9.47 Å². The number of likely N-dealkylation sites (N-methyl/N-ethyl adjacent to an activating group) is 1. The number of hydrogen-bond acceptors (Lipinski definition) is 5. The summed E-state index contributed by atoms with van der Waals surface area (Å²) in [6.45, 7) is 6.86. The predicted octanol–water partition coefficient (Wildman–Crippen LogP) is 0.864. The number of hydrogen-bond donors (Lipinski definition) is 1. The smallest absolute Gasteiger partial charge is 0.235 e. The van der Waals surface area contributed by atoms with E-state index in [2.05, 4.69) is 22.2 Å². The molecule has 0 aliphatic carbocycles. The van der Waals surface area contributed by atoms with Crippen LogP contribution >= 0.6 is 0 Å². The third-order valence-electron chi connectivity index (χ3n) is 1.66. The molecule has 0 fully saturated rings. The van der Waals surface area contributed by atoms with E-state index in [-0.39, 0.29) is 0 Å². The van der Waals surface area contributed by atoms with Gasteiger partial charge in [-0.1, -0.05) is 6.92 Å². The monoisotopic (exact) mass is 211 g/mol. The lowest BCUT2D eigenvalue weighted by Crippen LogP contribution is -2.20. The maximum Gasteiger partial charge on any atom is 0.235 e. The van der Waals surface area contributed by atoms with Crippen molar-refractivity contribution in [3.05, 3.63) is 12.4 Å². The van der Waals surface area contributed by atoms with E-state index < -0.39 is 0 Å². The normalized spacial score (nSPS) is 10.0. The summed E-state index contributed by atoms with van der Waals surface area (Å²) < 4.78 is 10.6. The van der Waals surface area contributed by atoms with Crippen LogP contribution < -0.4 is 14.8 Å². The Hall–Kier alpha value is -1.36. The average Bonchev–Trinajstić information content (AvgIpc) is 2.26. The fraction of sp³-hybridized carbons (Fsp3) is 0.600. The molecule has 0 bridgehead atoms. The van der Waals surface area contributed by atoms with Gasteiger partial charge in [0.15, 0.2) is 0 Å². The summed E-state index contributed by atoms with van der Waals surface area (Å²) in [6.07, 6.45) is 3.15. The quantitative estimate of drug-likeness (QED) is 0.678. The fourth-order valence-corrected chi connectivity index (χ4v) is 1.02. The molecule has 0 aliphatic heterocycles. The predicted molar refractivity (Wildman–Crippen MR) is 57.2 cm³/mol. The molecule has 84 valence electrons. The van der Waals surface area contributed by atoms with Crippen LogP contribution in [0.5, 0.6) is 11.8 Å². The molecule has 0 radical (unpaired) electrons. The van der Waals surface area contributed by atoms with Crippen molar-refractivity contribution in [2.75, 3.05) is 26.3 Å². The third kappa shape index (κ3) is 4.60. The highest BCUT2D eigenvalue weighted by molar-refractivity contribution is 5.12. The largest absolute Gasteiger partial charge is 0.477 e. The summed E-state index contributed by atoms with van der Waals surface area (Å²) in [4.78, 5) is 8.09. The van der Waals surface area contributed by atoms with Gasteiger partial charge in [0.1, 0.15) is 6.61 Å². The van der Waals surface area contributed by atoms with Gasteiger partial charge in [-0.3, -0.25) is 4.98 Å². The highest BCUT2D eigenvalue weighted by Crippen LogP contribution is 2.10. The Bertz CT molecular complexity index is 281. The molecular formula is C10H17N3O2. The Morgan fingerprint density at radius 3 is 2.60 bits per heavy atom. The van der Waals surface area contributed by atoms with Gasteiger partial charge in [0.25, 0.3) is 0 Å². The maximum atomic E-state index is 5.38. The summed E-state index contributed by atoms with van der Waals surface area (Å²) in [5.41, 5.74) is 0. The van der Waals surface area contributed by atoms with Crippen LogP contribution in [-0.4, -0.2) is 36.3 Å². The van der Waals surface area contributed by atoms with Crippen LogP contribution in [0, 0.1) is 0 Å². The molecule has 1 heterocycles. The average molecular weight is 211 g/mol. The third-order valence-corrected chi connectivity index (χ3v) is 1.66. The lowest BCUT2D eigenvalue weighted by atomic mass is 10.6. The zero-order valence-electron chi connectivity index (χ0n) is 9.19. The van der Waals surface area contributed by atoms with Gasteiger partial charge in [0, 0.05) is 6.54 Å². The lowest BCUT2D eigenvalue weighted by molar-refractivity contribution is 0.284. The van der Waals surface area contributed by atoms with Gasteiger partial charge in [0.05, 0.1) is 19.0 Å². The highest BCUT2D eigenvalue weighted by Gasteiger charge is 1.99. The first-order valence-electron chi connectivity index (χ1n) is 5.15. The second-order valence-corrected chi connectivity index (χ2v) is 2.83. The van der Waals surface area contributed by atoms with Gasteiger partial charge >= 0.3 is 0 Å². The van der Waals surface area contributed by atoms with Crippen LogP contribution in [0.15, 0.2) is 12.4 Å². The molecule has 0 atom stereocenters. The molecule has 1 N–H and O–H groups in total. The van der Waals surface area contributed by atoms with Crippen molar-refractivity contribution < 1.29 is 9.47 Å². The summed E-state index contributed by atoms with van der Waals surface area (Å²) in [7, 11) is 0. The molecule has 0 saturated heterocycles. The van der Waals surface area contributed by atoms with E-state index in [9.17, 15) is 0 Å². The van der Waals surface area contributed by atoms with Crippen LogP contribution in [0.25, 0.3) is 0 Å². The molecule has 0 spiro atoms. The Labute approximate surface area is 89.8 Å². The number of nitrogens with zero attached hydrogens (tertiary/aromatic N) is 2. The van der Waals surface area contributed by atoms with Crippen molar-refractivity contribution >= 4 is 0 Å². The summed E-state index contributed by atoms with van der Waals surface area (Å²) in [6, 6.07) is 0. The van der Waals surface area contributed by atoms with E-state index in [0.29, 0.717) is 25.0 Å². The number of rotatable bonds is 7. The molecule has 5 heteroatoms. The standard InChI is InChI=1S/C10H17N3O2/c1-3-11-5-6-15-10-8-12-7-9(13-10)14-4-2/h7-8,11H,3-6H2,1-2H3. The van der Waals surface area contributed by atoms with Gasteiger partial charge in [-0.25, -0.2) is 0 Å². The molecule has 15 heavy (non-hydrogen) atoms. The number of ether oxygens (including phenoxy) is 2. The van der Waals surface area contributed by atoms with E-state index >= 15 is 0 Å². The second kappa shape index (κ2) is 7.00. The molecule has 0 amide bonds. The topological polar surface area (TPSA) is 56.3 Å². The van der Waals surface area contributed by atoms with E-state index in [1.165, 1.54) is 0 Å². The Morgan fingerprint density at radius 2 is 1.93 bits per heavy atom. The minimum atomic E-state index is 0.499. The van der Waals surface area contributed by atoms with Crippen LogP contribution in [0.4, 0.5) is 0 Å². The van der Waals surface area contributed by atoms with Crippen molar-refractivity contribution in [2.45, 2.75) is 13.8 Å². The maximum absolute atomic E-state index is 5.38. The molecule has 0 aliphatic rings. The van der Waals surface area contributed by atoms with Crippen LogP contribution in [0.1, 0.15) is 13.8 Å². The number of nitrogens with one attached hydrogen (secondary N) is 1. The first kappa shape index (κ1) is 11.7. The summed E-state index contributed by atoms with van der Waals surface area (Å²) in [5, 5.41) is 3.15. The minimum Gasteiger partial charge on any atom is -0.477 e. The molecule has 0 saturated carbocycles. The first-order chi connectivity index (χ1) is 7.36. The van der Waals surface area contributed by atoms with Gasteiger partial charge in [-0.05, 0) is 13.5 Å². The summed E-state index contributed by atoms with van der Waals surface area (Å²) in [5.74, 6) is 0.998. The van der Waals surface area contributed by atoms with Crippen LogP contribution in [-0.2, 0) is 0 Å². The molecule has 1 aromatic rings. The number of aromatic nitrogens is 2. The summed E-state index contributed by atoms with van der Waals surface area (Å²) >= 11 is 0. The Balaban J connectivity index is 2.36. The van der Waals surface area contributed by atoms with Crippen molar-refractivity contribution in [1.29, 1.82) is 0 Å². The molecule has 1 aromatic heterocycles. The van der Waals surface area contributed by atoms with Crippen molar-refractivity contribution in [3.63, 3.8) is 0 Å². The molecule has 0 aromatic carbocycles. The zero-order valence-corrected chi connectivity index (χ0v) is 9.19. The van der Waals surface area contributed by atoms with E-state index in [1.807, 2.05) is 6.92 Å². The molecule has 1 rings (SSSR count). The van der Waals surface area contributed by atoms with Gasteiger partial charge in [-0.2, -0.15) is 4.98 Å². The minimum absolute atomic E-state index is 0.499. The van der Waals surface area contributed by atoms with Gasteiger partial charge in [-0.15, -0.1) is 0 Å². The van der Waals surface area contributed by atoms with Crippen LogP contribution in [0.2, 0.25) is 0 Å². The second-order valence-electron chi connectivity index (χ2n) is 2.83. The SMILES string of the molecule is CCNCCOc1cncc(OCC)n1. The fourth-order valence-electron chi connectivity index (χ4n) is 1.02. The van der Waals surface area contributed by atoms with Gasteiger partial charge < -0.3 is 14.8 Å². The van der Waals surface area contributed by atoms with E-state index in [1.54, 1.807) is 12.4 Å². The van der Waals surface area contributed by atoms with Crippen LogP contribution in [0.3, 0.4) is 0 Å². The van der Waals surface area contributed by atoms with Gasteiger partial charge in [0.2, 0.25) is 11.8 Å². The van der Waals surface area contributed by atoms with E-state index in [0.717, 1.165) is 13.1 Å². The Kier molecular flexibility index (Phi) is 5.47. The molecule has 0 unspecified atom stereocenters. The molecular weight excluding hydrogens is 194 g/mol. The van der Waals surface area contributed by atoms with Crippen molar-refractivity contribution in [3.8, 4) is 11.8 Å². The zero-order chi connectivity index (χ0) is 10.9. The Morgan fingerprint density at radius 1 is 1.20 bits per heavy atom. The highest BCUT2D eigenvalue weighted by atomic mass is 16.5. The van der Waals surface area contributed by atoms with Crippen molar-refractivity contribution in [1.82, 2.24) is 15.3 Å². The first-order valence-corrected chi connectivity index (χ1v) is 5.15. The van der Waals surface area contributed by atoms with Crippen molar-refractivity contribution in [2.24, 2.45) is 0 Å². The molecule has 5 nitrogen and oxygen atoms in total.